The van der Waals surface area contributed by atoms with Crippen LogP contribution in [0.2, 0.25) is 5.15 Å². The van der Waals surface area contributed by atoms with Gasteiger partial charge in [-0.3, -0.25) is 9.48 Å². The molecular formula is C14H17ClN4O2. The second kappa shape index (κ2) is 5.18. The van der Waals surface area contributed by atoms with Crippen molar-refractivity contribution in [3.63, 3.8) is 0 Å². The second-order valence-corrected chi connectivity index (χ2v) is 5.83. The number of nitrogens with one attached hydrogen (secondary N) is 1. The Morgan fingerprint density at radius 3 is 3.00 bits per heavy atom. The molecule has 112 valence electrons. The van der Waals surface area contributed by atoms with Crippen LogP contribution in [0.3, 0.4) is 0 Å². The summed E-state index contributed by atoms with van der Waals surface area (Å²) in [7, 11) is 1.87. The molecule has 1 amide bonds. The number of aryl methyl sites for hydroxylation is 2. The molecule has 0 radical (unpaired) electrons. The van der Waals surface area contributed by atoms with Crippen LogP contribution in [-0.4, -0.2) is 33.3 Å². The Kier molecular flexibility index (Phi) is 3.49. The van der Waals surface area contributed by atoms with E-state index < -0.39 is 0 Å². The number of rotatable bonds is 3. The number of fused-ring (bicyclic) bond motifs is 1. The van der Waals surface area contributed by atoms with Crippen LogP contribution < -0.4 is 10.1 Å². The molecule has 1 aliphatic heterocycles. The number of amides is 1. The fourth-order valence-corrected chi connectivity index (χ4v) is 2.79. The largest absolute Gasteiger partial charge is 0.474 e. The van der Waals surface area contributed by atoms with Gasteiger partial charge in [-0.2, -0.15) is 5.10 Å². The summed E-state index contributed by atoms with van der Waals surface area (Å²) >= 11 is 6.04. The number of nitrogens with zero attached hydrogens (tertiary/aromatic N) is 3. The zero-order valence-corrected chi connectivity index (χ0v) is 12.9. The summed E-state index contributed by atoms with van der Waals surface area (Å²) in [6.07, 6.45) is 0.356. The van der Waals surface area contributed by atoms with Gasteiger partial charge in [-0.15, -0.1) is 0 Å². The molecule has 2 atom stereocenters. The molecule has 0 saturated carbocycles. The maximum atomic E-state index is 11.3. The molecule has 0 unspecified atom stereocenters. The minimum atomic E-state index is -0.127. The lowest BCUT2D eigenvalue weighted by atomic mass is 10.0. The summed E-state index contributed by atoms with van der Waals surface area (Å²) in [5, 5.41) is 8.43. The van der Waals surface area contributed by atoms with Crippen LogP contribution in [0.15, 0.2) is 6.07 Å². The number of aromatic nitrogens is 3. The molecule has 1 fully saturated rings. The number of pyridine rings is 1. The van der Waals surface area contributed by atoms with Crippen molar-refractivity contribution in [1.82, 2.24) is 20.1 Å². The minimum Gasteiger partial charge on any atom is -0.474 e. The van der Waals surface area contributed by atoms with E-state index in [1.807, 2.05) is 20.9 Å². The Hall–Kier alpha value is -1.82. The van der Waals surface area contributed by atoms with Gasteiger partial charge in [0.25, 0.3) is 0 Å². The Morgan fingerprint density at radius 1 is 1.57 bits per heavy atom. The van der Waals surface area contributed by atoms with Crippen LogP contribution in [0.4, 0.5) is 0 Å². The fourth-order valence-electron chi connectivity index (χ4n) is 2.61. The highest BCUT2D eigenvalue weighted by Gasteiger charge is 2.29. The first-order valence-corrected chi connectivity index (χ1v) is 7.26. The molecule has 1 saturated heterocycles. The highest BCUT2D eigenvalue weighted by molar-refractivity contribution is 6.30. The van der Waals surface area contributed by atoms with Crippen molar-refractivity contribution in [1.29, 1.82) is 0 Å². The number of ether oxygens (including phenoxy) is 1. The van der Waals surface area contributed by atoms with Gasteiger partial charge in [-0.05, 0) is 13.8 Å². The first-order chi connectivity index (χ1) is 9.95. The van der Waals surface area contributed by atoms with Crippen LogP contribution in [0.1, 0.15) is 19.0 Å². The lowest BCUT2D eigenvalue weighted by Gasteiger charge is -2.19. The Morgan fingerprint density at radius 2 is 2.33 bits per heavy atom. The molecular weight excluding hydrogens is 292 g/mol. The Labute approximate surface area is 127 Å². The summed E-state index contributed by atoms with van der Waals surface area (Å²) in [4.78, 5) is 15.6. The van der Waals surface area contributed by atoms with Gasteiger partial charge in [-0.25, -0.2) is 4.98 Å². The molecule has 3 heterocycles. The van der Waals surface area contributed by atoms with Crippen LogP contribution in [0, 0.1) is 12.8 Å². The third-order valence-corrected chi connectivity index (χ3v) is 4.20. The third kappa shape index (κ3) is 2.55. The SMILES string of the molecule is Cc1c2c(O[C@H](C)[C@H]3CNC(=O)C3)nc(Cl)cc2nn1C. The first kappa shape index (κ1) is 14.1. The number of hydrogen-bond donors (Lipinski definition) is 1. The molecule has 0 spiro atoms. The molecule has 2 aromatic rings. The van der Waals surface area contributed by atoms with E-state index in [2.05, 4.69) is 15.4 Å². The van der Waals surface area contributed by atoms with E-state index in [1.165, 1.54) is 0 Å². The molecule has 2 aromatic heterocycles. The maximum Gasteiger partial charge on any atom is 0.226 e. The molecule has 0 aromatic carbocycles. The Balaban J connectivity index is 1.94. The fraction of sp³-hybridized carbons (Fsp3) is 0.500. The predicted octanol–water partition coefficient (Wildman–Crippen LogP) is 1.83. The average Bonchev–Trinajstić information content (AvgIpc) is 2.95. The van der Waals surface area contributed by atoms with Crippen molar-refractivity contribution < 1.29 is 9.53 Å². The normalized spacial score (nSPS) is 19.8. The van der Waals surface area contributed by atoms with Crippen LogP contribution in [0.25, 0.3) is 10.9 Å². The number of halogens is 1. The quantitative estimate of drug-likeness (QED) is 0.878. The predicted molar refractivity (Wildman–Crippen MR) is 79.5 cm³/mol. The van der Waals surface area contributed by atoms with Crippen molar-refractivity contribution in [3.8, 4) is 5.88 Å². The van der Waals surface area contributed by atoms with Gasteiger partial charge in [0.2, 0.25) is 11.8 Å². The number of hydrogen-bond acceptors (Lipinski definition) is 4. The lowest BCUT2D eigenvalue weighted by Crippen LogP contribution is -2.26. The lowest BCUT2D eigenvalue weighted by molar-refractivity contribution is -0.119. The summed E-state index contributed by atoms with van der Waals surface area (Å²) in [6.45, 7) is 4.55. The van der Waals surface area contributed by atoms with Crippen molar-refractivity contribution in [2.24, 2.45) is 13.0 Å². The van der Waals surface area contributed by atoms with Crippen LogP contribution in [0.5, 0.6) is 5.88 Å². The van der Waals surface area contributed by atoms with E-state index in [-0.39, 0.29) is 17.9 Å². The van der Waals surface area contributed by atoms with Gasteiger partial charge in [0.05, 0.1) is 5.39 Å². The first-order valence-electron chi connectivity index (χ1n) is 6.89. The highest BCUT2D eigenvalue weighted by Crippen LogP contribution is 2.30. The summed E-state index contributed by atoms with van der Waals surface area (Å²) < 4.78 is 7.77. The minimum absolute atomic E-state index is 0.0669. The smallest absolute Gasteiger partial charge is 0.226 e. The van der Waals surface area contributed by atoms with Crippen molar-refractivity contribution in [2.75, 3.05) is 6.54 Å². The van der Waals surface area contributed by atoms with Crippen molar-refractivity contribution >= 4 is 28.4 Å². The maximum absolute atomic E-state index is 11.3. The van der Waals surface area contributed by atoms with E-state index in [0.717, 1.165) is 16.6 Å². The monoisotopic (exact) mass is 308 g/mol. The molecule has 7 heteroatoms. The molecule has 21 heavy (non-hydrogen) atoms. The Bertz CT molecular complexity index is 713. The van der Waals surface area contributed by atoms with E-state index in [0.29, 0.717) is 24.0 Å². The highest BCUT2D eigenvalue weighted by atomic mass is 35.5. The summed E-state index contributed by atoms with van der Waals surface area (Å²) in [5.74, 6) is 0.692. The molecule has 0 aliphatic carbocycles. The number of carbonyl (C=O) groups excluding carboxylic acids is 1. The van der Waals surface area contributed by atoms with E-state index in [9.17, 15) is 4.79 Å². The van der Waals surface area contributed by atoms with Crippen molar-refractivity contribution in [3.05, 3.63) is 16.9 Å². The molecule has 0 bridgehead atoms. The van der Waals surface area contributed by atoms with Crippen molar-refractivity contribution in [2.45, 2.75) is 26.4 Å². The standard InChI is InChI=1S/C14H17ClN4O2/c1-7-13-10(18-19(7)3)5-11(15)17-14(13)21-8(2)9-4-12(20)16-6-9/h5,8-9H,4,6H2,1-3H3,(H,16,20)/t8-,9-/m1/s1. The molecule has 6 nitrogen and oxygen atoms in total. The van der Waals surface area contributed by atoms with Gasteiger partial charge < -0.3 is 10.1 Å². The van der Waals surface area contributed by atoms with E-state index >= 15 is 0 Å². The average molecular weight is 309 g/mol. The molecule has 1 N–H and O–H groups in total. The third-order valence-electron chi connectivity index (χ3n) is 4.01. The van der Waals surface area contributed by atoms with Gasteiger partial charge in [0, 0.05) is 37.7 Å². The van der Waals surface area contributed by atoms with Crippen LogP contribution in [-0.2, 0) is 11.8 Å². The topological polar surface area (TPSA) is 69.0 Å². The second-order valence-electron chi connectivity index (χ2n) is 5.44. The number of carbonyl (C=O) groups is 1. The summed E-state index contributed by atoms with van der Waals surface area (Å²) in [5.41, 5.74) is 1.73. The van der Waals surface area contributed by atoms with Gasteiger partial charge >= 0.3 is 0 Å². The molecule has 1 aliphatic rings. The van der Waals surface area contributed by atoms with Gasteiger partial charge in [0.15, 0.2) is 0 Å². The van der Waals surface area contributed by atoms with Crippen LogP contribution >= 0.6 is 11.6 Å². The van der Waals surface area contributed by atoms with E-state index in [1.54, 1.807) is 10.7 Å². The zero-order chi connectivity index (χ0) is 15.1. The summed E-state index contributed by atoms with van der Waals surface area (Å²) in [6, 6.07) is 1.72. The van der Waals surface area contributed by atoms with Gasteiger partial charge in [0.1, 0.15) is 16.8 Å². The zero-order valence-electron chi connectivity index (χ0n) is 12.2. The molecule has 3 rings (SSSR count). The van der Waals surface area contributed by atoms with Gasteiger partial charge in [-0.1, -0.05) is 11.6 Å². The van der Waals surface area contributed by atoms with E-state index in [4.69, 9.17) is 16.3 Å².